The zero-order chi connectivity index (χ0) is 9.26. The number of H-pyrrole nitrogens is 1. The van der Waals surface area contributed by atoms with Crippen molar-refractivity contribution < 1.29 is 0 Å². The van der Waals surface area contributed by atoms with Crippen LogP contribution in [0.1, 0.15) is 5.56 Å². The van der Waals surface area contributed by atoms with Gasteiger partial charge in [-0.15, -0.1) is 0 Å². The van der Waals surface area contributed by atoms with E-state index in [0.717, 1.165) is 17.0 Å². The maximum atomic E-state index is 5.74. The van der Waals surface area contributed by atoms with Crippen LogP contribution in [0.25, 0.3) is 11.4 Å². The molecule has 13 heavy (non-hydrogen) atoms. The molecule has 2 heterocycles. The predicted molar refractivity (Wildman–Crippen MR) is 51.0 cm³/mol. The number of nitrogens with zero attached hydrogens (tertiary/aromatic N) is 2. The third-order valence-corrected chi connectivity index (χ3v) is 1.92. The monoisotopic (exact) mass is 174 g/mol. The molecule has 0 saturated carbocycles. The highest BCUT2D eigenvalue weighted by Crippen LogP contribution is 2.23. The predicted octanol–water partition coefficient (Wildman–Crippen LogP) is 1.36. The van der Waals surface area contributed by atoms with Crippen molar-refractivity contribution in [2.45, 2.75) is 6.92 Å². The summed E-state index contributed by atoms with van der Waals surface area (Å²) >= 11 is 0. The van der Waals surface area contributed by atoms with E-state index in [2.05, 4.69) is 15.0 Å². The van der Waals surface area contributed by atoms with Gasteiger partial charge in [-0.1, -0.05) is 0 Å². The summed E-state index contributed by atoms with van der Waals surface area (Å²) in [5, 5.41) is 0. The molecule has 4 nitrogen and oxygen atoms in total. The molecule has 0 unspecified atom stereocenters. The normalized spacial score (nSPS) is 10.2. The molecule has 0 saturated heterocycles. The van der Waals surface area contributed by atoms with E-state index in [9.17, 15) is 0 Å². The molecule has 0 atom stereocenters. The fraction of sp³-hybridized carbons (Fsp3) is 0.111. The number of pyridine rings is 1. The van der Waals surface area contributed by atoms with Crippen molar-refractivity contribution in [3.05, 3.63) is 30.2 Å². The number of aromatic nitrogens is 3. The molecule has 2 aromatic heterocycles. The average molecular weight is 174 g/mol. The highest BCUT2D eigenvalue weighted by Gasteiger charge is 2.07. The van der Waals surface area contributed by atoms with E-state index in [4.69, 9.17) is 5.73 Å². The lowest BCUT2D eigenvalue weighted by Gasteiger charge is -2.04. The van der Waals surface area contributed by atoms with E-state index < -0.39 is 0 Å². The van der Waals surface area contributed by atoms with Crippen LogP contribution in [0.2, 0.25) is 0 Å². The Morgan fingerprint density at radius 3 is 2.77 bits per heavy atom. The minimum absolute atomic E-state index is 0.509. The smallest absolute Gasteiger partial charge is 0.141 e. The van der Waals surface area contributed by atoms with Gasteiger partial charge in [-0.25, -0.2) is 9.97 Å². The minimum Gasteiger partial charge on any atom is -0.383 e. The molecule has 0 bridgehead atoms. The van der Waals surface area contributed by atoms with E-state index in [1.54, 1.807) is 18.6 Å². The first-order valence-corrected chi connectivity index (χ1v) is 4.00. The van der Waals surface area contributed by atoms with Crippen LogP contribution < -0.4 is 5.73 Å². The Bertz CT molecular complexity index is 385. The second kappa shape index (κ2) is 2.90. The van der Waals surface area contributed by atoms with Crippen LogP contribution in [0.5, 0.6) is 0 Å². The number of rotatable bonds is 1. The number of aryl methyl sites for hydroxylation is 1. The van der Waals surface area contributed by atoms with Gasteiger partial charge in [0.25, 0.3) is 0 Å². The quantitative estimate of drug-likeness (QED) is 0.686. The lowest BCUT2D eigenvalue weighted by atomic mass is 10.1. The Kier molecular flexibility index (Phi) is 1.73. The van der Waals surface area contributed by atoms with Gasteiger partial charge in [0.1, 0.15) is 11.6 Å². The first kappa shape index (κ1) is 7.79. The number of hydrogen-bond acceptors (Lipinski definition) is 3. The van der Waals surface area contributed by atoms with Gasteiger partial charge in [0.05, 0.1) is 5.56 Å². The summed E-state index contributed by atoms with van der Waals surface area (Å²) in [6.45, 7) is 1.98. The van der Waals surface area contributed by atoms with Crippen LogP contribution in [-0.4, -0.2) is 15.0 Å². The Labute approximate surface area is 75.8 Å². The fourth-order valence-corrected chi connectivity index (χ4v) is 1.29. The van der Waals surface area contributed by atoms with Gasteiger partial charge < -0.3 is 10.7 Å². The number of aromatic amines is 1. The van der Waals surface area contributed by atoms with Gasteiger partial charge in [-0.2, -0.15) is 0 Å². The number of anilines is 1. The summed E-state index contributed by atoms with van der Waals surface area (Å²) < 4.78 is 0. The van der Waals surface area contributed by atoms with E-state index in [1.807, 2.05) is 13.0 Å². The van der Waals surface area contributed by atoms with Crippen molar-refractivity contribution in [2.24, 2.45) is 0 Å². The Morgan fingerprint density at radius 2 is 2.15 bits per heavy atom. The number of imidazole rings is 1. The lowest BCUT2D eigenvalue weighted by Crippen LogP contribution is -1.96. The molecular weight excluding hydrogens is 164 g/mol. The molecule has 0 radical (unpaired) electrons. The van der Waals surface area contributed by atoms with Crippen LogP contribution in [0, 0.1) is 6.92 Å². The molecule has 3 N–H and O–H groups in total. The van der Waals surface area contributed by atoms with Crippen molar-refractivity contribution in [1.82, 2.24) is 15.0 Å². The number of nitrogen functional groups attached to an aromatic ring is 1. The topological polar surface area (TPSA) is 67.6 Å². The first-order chi connectivity index (χ1) is 6.29. The van der Waals surface area contributed by atoms with Gasteiger partial charge in [0, 0.05) is 18.6 Å². The zero-order valence-corrected chi connectivity index (χ0v) is 7.28. The van der Waals surface area contributed by atoms with E-state index in [0.29, 0.717) is 5.82 Å². The number of hydrogen-bond donors (Lipinski definition) is 2. The molecule has 0 amide bonds. The van der Waals surface area contributed by atoms with Crippen molar-refractivity contribution in [3.8, 4) is 11.4 Å². The second-order valence-corrected chi connectivity index (χ2v) is 2.83. The van der Waals surface area contributed by atoms with E-state index in [1.165, 1.54) is 0 Å². The minimum atomic E-state index is 0.509. The average Bonchev–Trinajstić information content (AvgIpc) is 2.57. The SMILES string of the molecule is Cc1ccnc(N)c1-c1ncc[nH]1. The molecule has 0 aliphatic heterocycles. The molecule has 4 heteroatoms. The van der Waals surface area contributed by atoms with Crippen LogP contribution in [0.3, 0.4) is 0 Å². The van der Waals surface area contributed by atoms with E-state index in [-0.39, 0.29) is 0 Å². The molecule has 66 valence electrons. The molecular formula is C9H10N4. The van der Waals surface area contributed by atoms with Gasteiger partial charge >= 0.3 is 0 Å². The Hall–Kier alpha value is -1.84. The summed E-state index contributed by atoms with van der Waals surface area (Å²) in [5.74, 6) is 1.28. The van der Waals surface area contributed by atoms with Gasteiger partial charge in [-0.05, 0) is 18.6 Å². The highest BCUT2D eigenvalue weighted by atomic mass is 14.9. The van der Waals surface area contributed by atoms with Crippen molar-refractivity contribution >= 4 is 5.82 Å². The summed E-state index contributed by atoms with van der Waals surface area (Å²) in [5.41, 5.74) is 7.70. The molecule has 2 rings (SSSR count). The highest BCUT2D eigenvalue weighted by molar-refractivity contribution is 5.71. The Balaban J connectivity index is 2.64. The van der Waals surface area contributed by atoms with Crippen molar-refractivity contribution in [3.63, 3.8) is 0 Å². The first-order valence-electron chi connectivity index (χ1n) is 4.00. The fourth-order valence-electron chi connectivity index (χ4n) is 1.29. The van der Waals surface area contributed by atoms with Gasteiger partial charge in [0.15, 0.2) is 0 Å². The Morgan fingerprint density at radius 1 is 1.31 bits per heavy atom. The second-order valence-electron chi connectivity index (χ2n) is 2.83. The largest absolute Gasteiger partial charge is 0.383 e. The maximum Gasteiger partial charge on any atom is 0.141 e. The molecule has 0 fully saturated rings. The van der Waals surface area contributed by atoms with E-state index >= 15 is 0 Å². The standard InChI is InChI=1S/C9H10N4/c1-6-2-3-11-8(10)7(6)9-12-4-5-13-9/h2-5H,1H3,(H2,10,11)(H,12,13). The maximum absolute atomic E-state index is 5.74. The van der Waals surface area contributed by atoms with Crippen molar-refractivity contribution in [2.75, 3.05) is 5.73 Å². The van der Waals surface area contributed by atoms with Crippen LogP contribution in [-0.2, 0) is 0 Å². The lowest BCUT2D eigenvalue weighted by molar-refractivity contribution is 1.24. The third kappa shape index (κ3) is 1.26. The molecule has 0 aliphatic rings. The molecule has 0 aliphatic carbocycles. The van der Waals surface area contributed by atoms with Gasteiger partial charge in [0.2, 0.25) is 0 Å². The third-order valence-electron chi connectivity index (χ3n) is 1.92. The number of nitrogens with one attached hydrogen (secondary N) is 1. The zero-order valence-electron chi connectivity index (χ0n) is 7.28. The summed E-state index contributed by atoms with van der Waals surface area (Å²) in [7, 11) is 0. The molecule has 0 aromatic carbocycles. The van der Waals surface area contributed by atoms with Crippen LogP contribution in [0.4, 0.5) is 5.82 Å². The summed E-state index contributed by atoms with van der Waals surface area (Å²) in [6, 6.07) is 1.91. The summed E-state index contributed by atoms with van der Waals surface area (Å²) in [6.07, 6.45) is 5.15. The van der Waals surface area contributed by atoms with Gasteiger partial charge in [-0.3, -0.25) is 0 Å². The van der Waals surface area contributed by atoms with Crippen LogP contribution in [0.15, 0.2) is 24.7 Å². The number of nitrogens with two attached hydrogens (primary N) is 1. The van der Waals surface area contributed by atoms with Crippen molar-refractivity contribution in [1.29, 1.82) is 0 Å². The van der Waals surface area contributed by atoms with Crippen LogP contribution >= 0.6 is 0 Å². The summed E-state index contributed by atoms with van der Waals surface area (Å²) in [4.78, 5) is 11.2. The molecule has 0 spiro atoms. The molecule has 2 aromatic rings.